The number of hydrogen-bond donors (Lipinski definition) is 2. The van der Waals surface area contributed by atoms with Crippen LogP contribution in [0.4, 0.5) is 0 Å². The normalized spacial score (nSPS) is 20.3. The van der Waals surface area contributed by atoms with E-state index in [1.807, 2.05) is 23.6 Å². The Hall–Kier alpha value is -2.21. The van der Waals surface area contributed by atoms with Gasteiger partial charge in [0.2, 0.25) is 5.91 Å². The van der Waals surface area contributed by atoms with Crippen molar-refractivity contribution in [2.45, 2.75) is 51.0 Å². The number of aliphatic carboxylic acids is 1. The fourth-order valence-electron chi connectivity index (χ4n) is 3.48. The maximum atomic E-state index is 12.4. The minimum absolute atomic E-state index is 0.139. The van der Waals surface area contributed by atoms with Gasteiger partial charge in [-0.25, -0.2) is 4.98 Å². The lowest BCUT2D eigenvalue weighted by atomic mass is 9.95. The first-order valence-corrected chi connectivity index (χ1v) is 9.99. The Morgan fingerprint density at radius 2 is 1.92 bits per heavy atom. The van der Waals surface area contributed by atoms with Gasteiger partial charge in [0.25, 0.3) is 0 Å². The molecule has 0 spiro atoms. The molecule has 1 saturated carbocycles. The number of thiazole rings is 1. The lowest BCUT2D eigenvalue weighted by molar-refractivity contribution is -0.143. The van der Waals surface area contributed by atoms with Crippen LogP contribution in [0.25, 0.3) is 0 Å². The molecule has 6 heteroatoms. The van der Waals surface area contributed by atoms with Crippen LogP contribution in [-0.2, 0) is 22.4 Å². The molecule has 1 amide bonds. The Bertz CT molecular complexity index is 745. The summed E-state index contributed by atoms with van der Waals surface area (Å²) in [5, 5.41) is 15.3. The van der Waals surface area contributed by atoms with E-state index in [0.29, 0.717) is 6.42 Å². The number of carboxylic acid groups (broad SMARTS) is 1. The van der Waals surface area contributed by atoms with Crippen LogP contribution in [0.3, 0.4) is 0 Å². The van der Waals surface area contributed by atoms with Crippen molar-refractivity contribution >= 4 is 23.2 Å². The van der Waals surface area contributed by atoms with E-state index in [-0.39, 0.29) is 18.4 Å². The van der Waals surface area contributed by atoms with Crippen molar-refractivity contribution in [1.82, 2.24) is 10.3 Å². The highest BCUT2D eigenvalue weighted by atomic mass is 32.1. The van der Waals surface area contributed by atoms with Gasteiger partial charge in [0.1, 0.15) is 0 Å². The summed E-state index contributed by atoms with van der Waals surface area (Å²) in [4.78, 5) is 28.4. The number of nitrogens with zero attached hydrogens (tertiary/aromatic N) is 1. The van der Waals surface area contributed by atoms with Crippen molar-refractivity contribution in [1.29, 1.82) is 0 Å². The number of benzene rings is 1. The van der Waals surface area contributed by atoms with Crippen LogP contribution < -0.4 is 5.32 Å². The summed E-state index contributed by atoms with van der Waals surface area (Å²) in [6, 6.07) is 9.84. The summed E-state index contributed by atoms with van der Waals surface area (Å²) in [6.07, 6.45) is 5.25. The highest BCUT2D eigenvalue weighted by Crippen LogP contribution is 2.24. The molecule has 1 aliphatic carbocycles. The van der Waals surface area contributed by atoms with Crippen molar-refractivity contribution < 1.29 is 14.7 Å². The summed E-state index contributed by atoms with van der Waals surface area (Å²) < 4.78 is 0. The minimum Gasteiger partial charge on any atom is -0.481 e. The molecule has 1 aromatic carbocycles. The average Bonchev–Trinajstić information content (AvgIpc) is 2.90. The van der Waals surface area contributed by atoms with Crippen LogP contribution in [0.1, 0.15) is 48.4 Å². The topological polar surface area (TPSA) is 79.3 Å². The Balaban J connectivity index is 1.56. The van der Waals surface area contributed by atoms with Crippen LogP contribution in [-0.4, -0.2) is 28.0 Å². The standard InChI is InChI=1S/C20H24N2O3S/c23-18(22-17-10-6-2-5-9-16(17)20(24)25)12-15-13-26-19(21-15)11-14-7-3-1-4-8-14/h1,3-4,7-8,13,16-17H,2,5-6,9-12H2,(H,22,23)(H,24,25)/t16-,17+/m1/s1. The molecule has 138 valence electrons. The number of amides is 1. The van der Waals surface area contributed by atoms with Gasteiger partial charge in [-0.15, -0.1) is 11.3 Å². The third kappa shape index (κ3) is 5.14. The van der Waals surface area contributed by atoms with E-state index < -0.39 is 11.9 Å². The average molecular weight is 372 g/mol. The zero-order valence-electron chi connectivity index (χ0n) is 14.7. The first kappa shape index (κ1) is 18.6. The molecular formula is C20H24N2O3S. The number of carbonyl (C=O) groups excluding carboxylic acids is 1. The number of aromatic nitrogens is 1. The largest absolute Gasteiger partial charge is 0.481 e. The SMILES string of the molecule is O=C(Cc1csc(Cc2ccccc2)n1)N[C@H]1CCCCC[C@H]1C(=O)O. The molecule has 1 aromatic heterocycles. The van der Waals surface area contributed by atoms with Gasteiger partial charge in [0.05, 0.1) is 23.0 Å². The lowest BCUT2D eigenvalue weighted by Crippen LogP contribution is -2.43. The van der Waals surface area contributed by atoms with E-state index in [2.05, 4.69) is 22.4 Å². The molecule has 0 aliphatic heterocycles. The summed E-state index contributed by atoms with van der Waals surface area (Å²) in [6.45, 7) is 0. The van der Waals surface area contributed by atoms with E-state index in [1.54, 1.807) is 11.3 Å². The van der Waals surface area contributed by atoms with Gasteiger partial charge in [-0.3, -0.25) is 9.59 Å². The number of hydrogen-bond acceptors (Lipinski definition) is 4. The zero-order chi connectivity index (χ0) is 18.4. The number of nitrogens with one attached hydrogen (secondary N) is 1. The molecule has 26 heavy (non-hydrogen) atoms. The fraction of sp³-hybridized carbons (Fsp3) is 0.450. The maximum absolute atomic E-state index is 12.4. The van der Waals surface area contributed by atoms with E-state index in [9.17, 15) is 14.7 Å². The molecule has 2 aromatic rings. The first-order valence-electron chi connectivity index (χ1n) is 9.11. The second-order valence-corrected chi connectivity index (χ2v) is 7.77. The Morgan fingerprint density at radius 1 is 1.15 bits per heavy atom. The van der Waals surface area contributed by atoms with E-state index in [4.69, 9.17) is 0 Å². The van der Waals surface area contributed by atoms with Gasteiger partial charge in [0.15, 0.2) is 0 Å². The quantitative estimate of drug-likeness (QED) is 0.762. The van der Waals surface area contributed by atoms with Crippen molar-refractivity contribution in [2.75, 3.05) is 0 Å². The van der Waals surface area contributed by atoms with Gasteiger partial charge in [-0.05, 0) is 18.4 Å². The molecule has 3 rings (SSSR count). The molecule has 1 heterocycles. The molecule has 2 atom stereocenters. The van der Waals surface area contributed by atoms with Crippen molar-refractivity contribution in [2.24, 2.45) is 5.92 Å². The van der Waals surface area contributed by atoms with E-state index in [1.165, 1.54) is 5.56 Å². The Labute approximate surface area is 157 Å². The summed E-state index contributed by atoms with van der Waals surface area (Å²) in [5.41, 5.74) is 1.94. The summed E-state index contributed by atoms with van der Waals surface area (Å²) in [5.74, 6) is -1.43. The molecule has 0 radical (unpaired) electrons. The first-order chi connectivity index (χ1) is 12.6. The molecule has 0 bridgehead atoms. The predicted octanol–water partition coefficient (Wildman–Crippen LogP) is 3.43. The molecule has 5 nitrogen and oxygen atoms in total. The zero-order valence-corrected chi connectivity index (χ0v) is 15.5. The third-order valence-electron chi connectivity index (χ3n) is 4.82. The van der Waals surface area contributed by atoms with Crippen LogP contribution in [0.2, 0.25) is 0 Å². The number of carboxylic acids is 1. The van der Waals surface area contributed by atoms with Gasteiger partial charge >= 0.3 is 5.97 Å². The monoisotopic (exact) mass is 372 g/mol. The molecule has 2 N–H and O–H groups in total. The third-order valence-corrected chi connectivity index (χ3v) is 5.72. The summed E-state index contributed by atoms with van der Waals surface area (Å²) in [7, 11) is 0. The highest BCUT2D eigenvalue weighted by molar-refractivity contribution is 7.09. The molecule has 0 unspecified atom stereocenters. The van der Waals surface area contributed by atoms with Gasteiger partial charge < -0.3 is 10.4 Å². The number of rotatable bonds is 6. The molecular weight excluding hydrogens is 348 g/mol. The van der Waals surface area contributed by atoms with Gasteiger partial charge in [0, 0.05) is 17.8 Å². The fourth-order valence-corrected chi connectivity index (χ4v) is 4.31. The molecule has 1 fully saturated rings. The predicted molar refractivity (Wildman–Crippen MR) is 101 cm³/mol. The number of carbonyl (C=O) groups is 2. The van der Waals surface area contributed by atoms with Crippen LogP contribution in [0.15, 0.2) is 35.7 Å². The molecule has 1 aliphatic rings. The van der Waals surface area contributed by atoms with Crippen LogP contribution in [0.5, 0.6) is 0 Å². The van der Waals surface area contributed by atoms with Crippen LogP contribution in [0, 0.1) is 5.92 Å². The molecule has 0 saturated heterocycles. The smallest absolute Gasteiger partial charge is 0.308 e. The summed E-state index contributed by atoms with van der Waals surface area (Å²) >= 11 is 1.56. The van der Waals surface area contributed by atoms with E-state index in [0.717, 1.165) is 42.8 Å². The Kier molecular flexibility index (Phi) is 6.39. The van der Waals surface area contributed by atoms with Crippen molar-refractivity contribution in [3.05, 3.63) is 52.0 Å². The lowest BCUT2D eigenvalue weighted by Gasteiger charge is -2.22. The van der Waals surface area contributed by atoms with Gasteiger partial charge in [-0.2, -0.15) is 0 Å². The van der Waals surface area contributed by atoms with Crippen molar-refractivity contribution in [3.63, 3.8) is 0 Å². The second kappa shape index (κ2) is 8.94. The second-order valence-electron chi connectivity index (χ2n) is 6.83. The van der Waals surface area contributed by atoms with Crippen LogP contribution >= 0.6 is 11.3 Å². The minimum atomic E-state index is -0.809. The van der Waals surface area contributed by atoms with Crippen molar-refractivity contribution in [3.8, 4) is 0 Å². The van der Waals surface area contributed by atoms with Gasteiger partial charge in [-0.1, -0.05) is 49.6 Å². The Morgan fingerprint density at radius 3 is 2.69 bits per heavy atom. The maximum Gasteiger partial charge on any atom is 0.308 e. The highest BCUT2D eigenvalue weighted by Gasteiger charge is 2.30. The van der Waals surface area contributed by atoms with E-state index >= 15 is 0 Å².